The standard InChI is InChI=1S/C21H28N4O2/c1-15-20(16(2)27-23-15)22-21(26)25-13-10-19(14-25)24-11-8-18(9-12-24)17-6-4-3-5-7-17/h3-7,18-19H,8-14H2,1-2H3,(H,22,26). The summed E-state index contributed by atoms with van der Waals surface area (Å²) < 4.78 is 5.13. The molecule has 1 aromatic heterocycles. The fourth-order valence-electron chi connectivity index (χ4n) is 4.39. The molecule has 0 saturated carbocycles. The molecule has 144 valence electrons. The van der Waals surface area contributed by atoms with Crippen LogP contribution in [0, 0.1) is 13.8 Å². The van der Waals surface area contributed by atoms with Crippen LogP contribution in [0.1, 0.15) is 42.2 Å². The minimum atomic E-state index is -0.0499. The molecule has 6 heteroatoms. The summed E-state index contributed by atoms with van der Waals surface area (Å²) in [6.45, 7) is 7.49. The third kappa shape index (κ3) is 3.86. The van der Waals surface area contributed by atoms with E-state index in [4.69, 9.17) is 4.52 Å². The Morgan fingerprint density at radius 2 is 1.85 bits per heavy atom. The molecule has 0 spiro atoms. The first-order valence-corrected chi connectivity index (χ1v) is 9.89. The van der Waals surface area contributed by atoms with Gasteiger partial charge in [0.25, 0.3) is 0 Å². The normalized spacial score (nSPS) is 21.6. The number of aromatic nitrogens is 1. The van der Waals surface area contributed by atoms with Crippen molar-refractivity contribution >= 4 is 11.7 Å². The van der Waals surface area contributed by atoms with E-state index in [9.17, 15) is 4.79 Å². The van der Waals surface area contributed by atoms with Crippen LogP contribution < -0.4 is 5.32 Å². The lowest BCUT2D eigenvalue weighted by Gasteiger charge is -2.36. The number of piperidine rings is 1. The summed E-state index contributed by atoms with van der Waals surface area (Å²) in [7, 11) is 0. The topological polar surface area (TPSA) is 61.6 Å². The summed E-state index contributed by atoms with van der Waals surface area (Å²) >= 11 is 0. The number of carbonyl (C=O) groups is 1. The number of rotatable bonds is 3. The SMILES string of the molecule is Cc1noc(C)c1NC(=O)N1CCC(N2CCC(c3ccccc3)CC2)C1. The Bertz CT molecular complexity index is 761. The second kappa shape index (κ2) is 7.72. The molecule has 6 nitrogen and oxygen atoms in total. The fourth-order valence-corrected chi connectivity index (χ4v) is 4.39. The van der Waals surface area contributed by atoms with Crippen LogP contribution in [0.15, 0.2) is 34.9 Å². The number of likely N-dealkylation sites (tertiary alicyclic amines) is 2. The van der Waals surface area contributed by atoms with Crippen LogP contribution in [0.5, 0.6) is 0 Å². The van der Waals surface area contributed by atoms with Crippen LogP contribution in [0.25, 0.3) is 0 Å². The summed E-state index contributed by atoms with van der Waals surface area (Å²) in [5.74, 6) is 1.32. The van der Waals surface area contributed by atoms with E-state index in [-0.39, 0.29) is 6.03 Å². The quantitative estimate of drug-likeness (QED) is 0.896. The number of benzene rings is 1. The molecule has 1 unspecified atom stereocenters. The molecule has 2 aliphatic rings. The Morgan fingerprint density at radius 3 is 2.52 bits per heavy atom. The highest BCUT2D eigenvalue weighted by Crippen LogP contribution is 2.30. The van der Waals surface area contributed by atoms with Gasteiger partial charge in [-0.15, -0.1) is 0 Å². The van der Waals surface area contributed by atoms with Crippen LogP contribution in [0.4, 0.5) is 10.5 Å². The molecule has 1 atom stereocenters. The zero-order valence-electron chi connectivity index (χ0n) is 16.1. The molecule has 3 heterocycles. The van der Waals surface area contributed by atoms with Crippen molar-refractivity contribution in [3.8, 4) is 0 Å². The van der Waals surface area contributed by atoms with E-state index < -0.39 is 0 Å². The zero-order chi connectivity index (χ0) is 18.8. The number of hydrogen-bond acceptors (Lipinski definition) is 4. The van der Waals surface area contributed by atoms with Gasteiger partial charge in [-0.2, -0.15) is 0 Å². The monoisotopic (exact) mass is 368 g/mol. The lowest BCUT2D eigenvalue weighted by molar-refractivity contribution is 0.153. The maximum atomic E-state index is 12.6. The number of nitrogens with zero attached hydrogens (tertiary/aromatic N) is 3. The Hall–Kier alpha value is -2.34. The van der Waals surface area contributed by atoms with E-state index in [0.29, 0.717) is 23.4 Å². The molecule has 2 aromatic rings. The molecule has 2 amide bonds. The van der Waals surface area contributed by atoms with Gasteiger partial charge in [0.2, 0.25) is 0 Å². The third-order valence-corrected chi connectivity index (χ3v) is 6.03. The third-order valence-electron chi connectivity index (χ3n) is 6.03. The Balaban J connectivity index is 1.29. The number of carbonyl (C=O) groups excluding carboxylic acids is 1. The molecule has 0 aliphatic carbocycles. The van der Waals surface area contributed by atoms with E-state index in [1.165, 1.54) is 18.4 Å². The van der Waals surface area contributed by atoms with Crippen LogP contribution in [0.3, 0.4) is 0 Å². The molecule has 27 heavy (non-hydrogen) atoms. The van der Waals surface area contributed by atoms with Crippen LogP contribution in [-0.4, -0.2) is 53.2 Å². The summed E-state index contributed by atoms with van der Waals surface area (Å²) in [6.07, 6.45) is 3.45. The predicted molar refractivity (Wildman–Crippen MR) is 105 cm³/mol. The Labute approximate surface area is 160 Å². The molecular weight excluding hydrogens is 340 g/mol. The largest absolute Gasteiger partial charge is 0.359 e. The van der Waals surface area contributed by atoms with Gasteiger partial charge in [0.15, 0.2) is 5.76 Å². The average molecular weight is 368 g/mol. The van der Waals surface area contributed by atoms with Crippen molar-refractivity contribution in [2.24, 2.45) is 0 Å². The highest BCUT2D eigenvalue weighted by atomic mass is 16.5. The highest BCUT2D eigenvalue weighted by molar-refractivity contribution is 5.90. The first kappa shape index (κ1) is 18.0. The average Bonchev–Trinajstić information content (AvgIpc) is 3.32. The lowest BCUT2D eigenvalue weighted by Crippen LogP contribution is -2.43. The lowest BCUT2D eigenvalue weighted by atomic mass is 9.89. The molecule has 0 bridgehead atoms. The van der Waals surface area contributed by atoms with Crippen molar-refractivity contribution < 1.29 is 9.32 Å². The number of amides is 2. The maximum Gasteiger partial charge on any atom is 0.322 e. The molecule has 2 aliphatic heterocycles. The molecule has 1 N–H and O–H groups in total. The summed E-state index contributed by atoms with van der Waals surface area (Å²) in [6, 6.07) is 11.3. The van der Waals surface area contributed by atoms with Gasteiger partial charge >= 0.3 is 6.03 Å². The van der Waals surface area contributed by atoms with Crippen molar-refractivity contribution in [3.63, 3.8) is 0 Å². The van der Waals surface area contributed by atoms with Gasteiger partial charge in [0.05, 0.1) is 0 Å². The number of nitrogens with one attached hydrogen (secondary N) is 1. The Kier molecular flexibility index (Phi) is 5.16. The van der Waals surface area contributed by atoms with Crippen LogP contribution in [0.2, 0.25) is 0 Å². The van der Waals surface area contributed by atoms with Crippen LogP contribution in [-0.2, 0) is 0 Å². The summed E-state index contributed by atoms with van der Waals surface area (Å²) in [5.41, 5.74) is 2.88. The van der Waals surface area contributed by atoms with Crippen molar-refractivity contribution in [1.82, 2.24) is 15.0 Å². The number of hydrogen-bond donors (Lipinski definition) is 1. The van der Waals surface area contributed by atoms with Gasteiger partial charge in [-0.3, -0.25) is 4.90 Å². The molecule has 2 saturated heterocycles. The van der Waals surface area contributed by atoms with Gasteiger partial charge in [-0.05, 0) is 57.7 Å². The molecule has 4 rings (SSSR count). The Morgan fingerprint density at radius 1 is 1.11 bits per heavy atom. The van der Waals surface area contributed by atoms with E-state index >= 15 is 0 Å². The minimum Gasteiger partial charge on any atom is -0.359 e. The van der Waals surface area contributed by atoms with Gasteiger partial charge in [-0.1, -0.05) is 35.5 Å². The summed E-state index contributed by atoms with van der Waals surface area (Å²) in [4.78, 5) is 17.1. The minimum absolute atomic E-state index is 0.0499. The fraction of sp³-hybridized carbons (Fsp3) is 0.524. The van der Waals surface area contributed by atoms with Crippen molar-refractivity contribution in [3.05, 3.63) is 47.3 Å². The van der Waals surface area contributed by atoms with Crippen LogP contribution >= 0.6 is 0 Å². The van der Waals surface area contributed by atoms with Gasteiger partial charge in [0.1, 0.15) is 11.4 Å². The number of urea groups is 1. The van der Waals surface area contributed by atoms with Crippen molar-refractivity contribution in [2.45, 2.75) is 45.1 Å². The zero-order valence-corrected chi connectivity index (χ0v) is 16.1. The van der Waals surface area contributed by atoms with Gasteiger partial charge < -0.3 is 14.7 Å². The maximum absolute atomic E-state index is 12.6. The highest BCUT2D eigenvalue weighted by Gasteiger charge is 2.33. The van der Waals surface area contributed by atoms with Crippen molar-refractivity contribution in [1.29, 1.82) is 0 Å². The van der Waals surface area contributed by atoms with E-state index in [0.717, 1.165) is 38.3 Å². The van der Waals surface area contributed by atoms with E-state index in [1.54, 1.807) is 0 Å². The first-order chi connectivity index (χ1) is 13.1. The molecular formula is C21H28N4O2. The predicted octanol–water partition coefficient (Wildman–Crippen LogP) is 3.78. The van der Waals surface area contributed by atoms with E-state index in [2.05, 4.69) is 45.7 Å². The molecule has 2 fully saturated rings. The second-order valence-corrected chi connectivity index (χ2v) is 7.74. The first-order valence-electron chi connectivity index (χ1n) is 9.89. The summed E-state index contributed by atoms with van der Waals surface area (Å²) in [5, 5.41) is 6.86. The second-order valence-electron chi connectivity index (χ2n) is 7.74. The number of anilines is 1. The molecule has 1 aromatic carbocycles. The van der Waals surface area contributed by atoms with Gasteiger partial charge in [-0.25, -0.2) is 4.79 Å². The van der Waals surface area contributed by atoms with E-state index in [1.807, 2.05) is 18.7 Å². The smallest absolute Gasteiger partial charge is 0.322 e. The van der Waals surface area contributed by atoms with Gasteiger partial charge in [0, 0.05) is 19.1 Å². The number of aryl methyl sites for hydroxylation is 2. The molecule has 0 radical (unpaired) electrons. The van der Waals surface area contributed by atoms with Crippen molar-refractivity contribution in [2.75, 3.05) is 31.5 Å².